The Balaban J connectivity index is 1.58. The van der Waals surface area contributed by atoms with Gasteiger partial charge >= 0.3 is 5.69 Å². The molecular weight excluding hydrogens is 400 g/mol. The fourth-order valence-electron chi connectivity index (χ4n) is 3.86. The summed E-state index contributed by atoms with van der Waals surface area (Å²) in [5.74, 6) is 1.93. The van der Waals surface area contributed by atoms with E-state index in [4.69, 9.17) is 9.47 Å². The number of carbonyl (C=O) groups excluding carboxylic acids is 1. The fraction of sp³-hybridized carbons (Fsp3) is 0.429. The van der Waals surface area contributed by atoms with Crippen molar-refractivity contribution in [2.75, 3.05) is 37.5 Å². The number of hydrogen-bond acceptors (Lipinski definition) is 7. The smallest absolute Gasteiger partial charge is 0.350 e. The van der Waals surface area contributed by atoms with E-state index < -0.39 is 0 Å². The van der Waals surface area contributed by atoms with E-state index in [1.54, 1.807) is 30.6 Å². The predicted octanol–water partition coefficient (Wildman–Crippen LogP) is 1.78. The van der Waals surface area contributed by atoms with Crippen LogP contribution in [0, 0.1) is 5.92 Å². The molecule has 1 aromatic carbocycles. The molecule has 0 saturated carbocycles. The number of amides is 1. The Kier molecular flexibility index (Phi) is 5.79. The van der Waals surface area contributed by atoms with Crippen molar-refractivity contribution in [2.24, 2.45) is 5.92 Å². The third kappa shape index (κ3) is 4.32. The van der Waals surface area contributed by atoms with Gasteiger partial charge in [-0.1, -0.05) is 6.92 Å². The quantitative estimate of drug-likeness (QED) is 0.641. The zero-order valence-corrected chi connectivity index (χ0v) is 17.9. The van der Waals surface area contributed by atoms with Gasteiger partial charge in [0.05, 0.1) is 14.2 Å². The van der Waals surface area contributed by atoms with E-state index >= 15 is 0 Å². The highest BCUT2D eigenvalue weighted by atomic mass is 16.5. The van der Waals surface area contributed by atoms with Gasteiger partial charge in [-0.15, -0.1) is 5.10 Å². The zero-order valence-electron chi connectivity index (χ0n) is 17.9. The first-order valence-corrected chi connectivity index (χ1v) is 10.2. The van der Waals surface area contributed by atoms with E-state index in [1.807, 2.05) is 0 Å². The second-order valence-corrected chi connectivity index (χ2v) is 7.73. The summed E-state index contributed by atoms with van der Waals surface area (Å²) in [5, 5.41) is 7.18. The Morgan fingerprint density at radius 3 is 2.65 bits per heavy atom. The molecule has 1 atom stereocenters. The molecule has 31 heavy (non-hydrogen) atoms. The Morgan fingerprint density at radius 2 is 1.97 bits per heavy atom. The van der Waals surface area contributed by atoms with Crippen LogP contribution in [0.1, 0.15) is 19.8 Å². The SMILES string of the molecule is COc1cc(NC(=O)Cn2nc3c(N4CCCC(C)C4)nccn3c2=O)cc(OC)c1. The van der Waals surface area contributed by atoms with Crippen molar-refractivity contribution >= 4 is 23.1 Å². The van der Waals surface area contributed by atoms with Gasteiger partial charge in [0.2, 0.25) is 11.6 Å². The van der Waals surface area contributed by atoms with Crippen molar-refractivity contribution in [3.63, 3.8) is 0 Å². The van der Waals surface area contributed by atoms with E-state index in [2.05, 4.69) is 27.2 Å². The van der Waals surface area contributed by atoms with E-state index in [0.29, 0.717) is 34.6 Å². The van der Waals surface area contributed by atoms with Crippen LogP contribution in [0.4, 0.5) is 11.5 Å². The van der Waals surface area contributed by atoms with Crippen molar-refractivity contribution in [3.05, 3.63) is 41.1 Å². The molecule has 0 radical (unpaired) electrons. The highest BCUT2D eigenvalue weighted by molar-refractivity contribution is 5.91. The van der Waals surface area contributed by atoms with Crippen molar-refractivity contribution in [1.29, 1.82) is 0 Å². The van der Waals surface area contributed by atoms with Crippen LogP contribution in [-0.2, 0) is 11.3 Å². The van der Waals surface area contributed by atoms with Crippen LogP contribution >= 0.6 is 0 Å². The lowest BCUT2D eigenvalue weighted by molar-refractivity contribution is -0.117. The van der Waals surface area contributed by atoms with Crippen molar-refractivity contribution < 1.29 is 14.3 Å². The summed E-state index contributed by atoms with van der Waals surface area (Å²) >= 11 is 0. The summed E-state index contributed by atoms with van der Waals surface area (Å²) in [6, 6.07) is 5.05. The molecule has 0 aliphatic carbocycles. The number of hydrogen-bond donors (Lipinski definition) is 1. The van der Waals surface area contributed by atoms with Crippen molar-refractivity contribution in [2.45, 2.75) is 26.3 Å². The second-order valence-electron chi connectivity index (χ2n) is 7.73. The number of fused-ring (bicyclic) bond motifs is 1. The molecule has 4 rings (SSSR count). The Labute approximate surface area is 179 Å². The van der Waals surface area contributed by atoms with Crippen LogP contribution in [-0.4, -0.2) is 52.4 Å². The minimum absolute atomic E-state index is 0.226. The molecule has 0 spiro atoms. The van der Waals surface area contributed by atoms with Crippen LogP contribution in [0.15, 0.2) is 35.4 Å². The van der Waals surface area contributed by atoms with Gasteiger partial charge < -0.3 is 19.7 Å². The largest absolute Gasteiger partial charge is 0.497 e. The number of nitrogens with one attached hydrogen (secondary N) is 1. The average Bonchev–Trinajstić information content (AvgIpc) is 3.08. The summed E-state index contributed by atoms with van der Waals surface area (Å²) < 4.78 is 13.0. The zero-order chi connectivity index (χ0) is 22.0. The van der Waals surface area contributed by atoms with Crippen LogP contribution in [0.25, 0.3) is 5.65 Å². The number of piperidine rings is 1. The molecule has 10 nitrogen and oxygen atoms in total. The Bertz CT molecular complexity index is 1130. The molecule has 10 heteroatoms. The summed E-state index contributed by atoms with van der Waals surface area (Å²) in [6.07, 6.45) is 5.41. The van der Waals surface area contributed by atoms with Crippen molar-refractivity contribution in [3.8, 4) is 11.5 Å². The highest BCUT2D eigenvalue weighted by Crippen LogP contribution is 2.26. The van der Waals surface area contributed by atoms with Crippen LogP contribution in [0.3, 0.4) is 0 Å². The molecule has 1 aliphatic heterocycles. The minimum Gasteiger partial charge on any atom is -0.497 e. The lowest BCUT2D eigenvalue weighted by atomic mass is 10.0. The summed E-state index contributed by atoms with van der Waals surface area (Å²) in [4.78, 5) is 32.0. The number of benzene rings is 1. The number of carbonyl (C=O) groups is 1. The molecule has 1 saturated heterocycles. The normalized spacial score (nSPS) is 16.4. The van der Waals surface area contributed by atoms with Gasteiger partial charge in [-0.2, -0.15) is 0 Å². The summed E-state index contributed by atoms with van der Waals surface area (Å²) in [5.41, 5.74) is 0.571. The molecule has 164 valence electrons. The predicted molar refractivity (Wildman–Crippen MR) is 116 cm³/mol. The first-order valence-electron chi connectivity index (χ1n) is 10.2. The fourth-order valence-corrected chi connectivity index (χ4v) is 3.86. The van der Waals surface area contributed by atoms with Gasteiger partial charge in [-0.3, -0.25) is 4.79 Å². The van der Waals surface area contributed by atoms with E-state index in [1.165, 1.54) is 25.0 Å². The number of anilines is 2. The molecule has 2 aromatic heterocycles. The van der Waals surface area contributed by atoms with Gasteiger partial charge in [0.1, 0.15) is 18.0 Å². The molecule has 3 aromatic rings. The minimum atomic E-state index is -0.387. The Hall–Kier alpha value is -3.56. The lowest BCUT2D eigenvalue weighted by Gasteiger charge is -2.31. The molecule has 1 N–H and O–H groups in total. The molecule has 1 aliphatic rings. The standard InChI is InChI=1S/C21H26N6O4/c1-14-5-4-7-25(12-14)19-20-24-27(21(29)26(20)8-6-22-19)13-18(28)23-15-9-16(30-2)11-17(10-15)31-3/h6,8-11,14H,4-5,7,12-13H2,1-3H3,(H,23,28). The topological polar surface area (TPSA) is 103 Å². The maximum Gasteiger partial charge on any atom is 0.350 e. The number of nitrogens with zero attached hydrogens (tertiary/aromatic N) is 5. The van der Waals surface area contributed by atoms with E-state index in [0.717, 1.165) is 24.2 Å². The molecule has 1 amide bonds. The summed E-state index contributed by atoms with van der Waals surface area (Å²) in [7, 11) is 3.07. The number of methoxy groups -OCH3 is 2. The first-order chi connectivity index (χ1) is 15.0. The monoisotopic (exact) mass is 426 g/mol. The van der Waals surface area contributed by atoms with E-state index in [9.17, 15) is 9.59 Å². The third-order valence-corrected chi connectivity index (χ3v) is 5.37. The van der Waals surface area contributed by atoms with Crippen LogP contribution < -0.4 is 25.4 Å². The van der Waals surface area contributed by atoms with Crippen molar-refractivity contribution in [1.82, 2.24) is 19.2 Å². The molecule has 3 heterocycles. The van der Waals surface area contributed by atoms with Crippen LogP contribution in [0.2, 0.25) is 0 Å². The third-order valence-electron chi connectivity index (χ3n) is 5.37. The molecular formula is C21H26N6O4. The maximum absolute atomic E-state index is 12.8. The van der Waals surface area contributed by atoms with Gasteiger partial charge in [-0.05, 0) is 18.8 Å². The first kappa shape index (κ1) is 20.7. The number of aromatic nitrogens is 4. The summed E-state index contributed by atoms with van der Waals surface area (Å²) in [6.45, 7) is 3.72. The molecule has 0 bridgehead atoms. The number of ether oxygens (including phenoxy) is 2. The molecule has 1 unspecified atom stereocenters. The molecule has 1 fully saturated rings. The average molecular weight is 426 g/mol. The van der Waals surface area contributed by atoms with Crippen LogP contribution in [0.5, 0.6) is 11.5 Å². The second kappa shape index (κ2) is 8.66. The highest BCUT2D eigenvalue weighted by Gasteiger charge is 2.22. The van der Waals surface area contributed by atoms with E-state index in [-0.39, 0.29) is 18.1 Å². The van der Waals surface area contributed by atoms with Gasteiger partial charge in [0, 0.05) is 49.4 Å². The maximum atomic E-state index is 12.8. The van der Waals surface area contributed by atoms with Gasteiger partial charge in [0.25, 0.3) is 0 Å². The number of rotatable bonds is 6. The van der Waals surface area contributed by atoms with Gasteiger partial charge in [0.15, 0.2) is 5.82 Å². The Morgan fingerprint density at radius 1 is 1.23 bits per heavy atom. The van der Waals surface area contributed by atoms with Gasteiger partial charge in [-0.25, -0.2) is 18.9 Å². The lowest BCUT2D eigenvalue weighted by Crippen LogP contribution is -2.35.